The average Bonchev–Trinajstić information content (AvgIpc) is 3.24. The quantitative estimate of drug-likeness (QED) is 0.570. The van der Waals surface area contributed by atoms with Gasteiger partial charge >= 0.3 is 5.97 Å². The molecule has 0 amide bonds. The highest BCUT2D eigenvalue weighted by Gasteiger charge is 2.14. The summed E-state index contributed by atoms with van der Waals surface area (Å²) in [6, 6.07) is 15.1. The number of aromatic nitrogens is 2. The van der Waals surface area contributed by atoms with Gasteiger partial charge in [-0.3, -0.25) is 0 Å². The maximum atomic E-state index is 11.5. The Morgan fingerprint density at radius 1 is 1.07 bits per heavy atom. The van der Waals surface area contributed by atoms with Gasteiger partial charge in [0.05, 0.1) is 39.3 Å². The predicted molar refractivity (Wildman–Crippen MR) is 101 cm³/mol. The lowest BCUT2D eigenvalue weighted by Crippen LogP contribution is -2.12. The second-order valence-corrected chi connectivity index (χ2v) is 6.02. The van der Waals surface area contributed by atoms with Crippen molar-refractivity contribution in [3.8, 4) is 5.75 Å². The molecule has 1 aromatic heterocycles. The number of imidazole rings is 1. The second kappa shape index (κ2) is 9.00. The largest absolute Gasteiger partial charge is 0.497 e. The Balaban J connectivity index is 1.71. The van der Waals surface area contributed by atoms with Crippen LogP contribution in [0.25, 0.3) is 0 Å². The SMILES string of the molecule is COC(=O)c1ccc(COC(Cn2ccnc2)c2ccc(OC)cc2)cc1. The molecule has 6 nitrogen and oxygen atoms in total. The maximum Gasteiger partial charge on any atom is 0.337 e. The van der Waals surface area contributed by atoms with E-state index >= 15 is 0 Å². The van der Waals surface area contributed by atoms with E-state index < -0.39 is 0 Å². The van der Waals surface area contributed by atoms with Crippen molar-refractivity contribution in [3.63, 3.8) is 0 Å². The third-order valence-electron chi connectivity index (χ3n) is 4.25. The second-order valence-electron chi connectivity index (χ2n) is 6.02. The van der Waals surface area contributed by atoms with E-state index in [1.807, 2.05) is 47.2 Å². The number of benzene rings is 2. The summed E-state index contributed by atoms with van der Waals surface area (Å²) in [4.78, 5) is 15.6. The molecule has 0 N–H and O–H groups in total. The molecule has 6 heteroatoms. The van der Waals surface area contributed by atoms with E-state index in [9.17, 15) is 4.79 Å². The standard InChI is InChI=1S/C21H22N2O4/c1-25-19-9-7-17(8-10-19)20(13-23-12-11-22-15-23)27-14-16-3-5-18(6-4-16)21(24)26-2/h3-12,15,20H,13-14H2,1-2H3. The zero-order valence-electron chi connectivity index (χ0n) is 15.4. The van der Waals surface area contributed by atoms with Crippen LogP contribution in [0.15, 0.2) is 67.3 Å². The van der Waals surface area contributed by atoms with Crippen LogP contribution < -0.4 is 4.74 Å². The lowest BCUT2D eigenvalue weighted by atomic mass is 10.1. The van der Waals surface area contributed by atoms with Gasteiger partial charge < -0.3 is 18.8 Å². The van der Waals surface area contributed by atoms with Gasteiger partial charge in [0.1, 0.15) is 11.9 Å². The van der Waals surface area contributed by atoms with Gasteiger partial charge in [-0.25, -0.2) is 9.78 Å². The number of ether oxygens (including phenoxy) is 3. The minimum Gasteiger partial charge on any atom is -0.497 e. The highest BCUT2D eigenvalue weighted by atomic mass is 16.5. The number of rotatable bonds is 8. The van der Waals surface area contributed by atoms with Gasteiger partial charge in [-0.2, -0.15) is 0 Å². The summed E-state index contributed by atoms with van der Waals surface area (Å²) >= 11 is 0. The van der Waals surface area contributed by atoms with Gasteiger partial charge in [0.2, 0.25) is 0 Å². The first-order valence-electron chi connectivity index (χ1n) is 8.58. The predicted octanol–water partition coefficient (Wildman–Crippen LogP) is 3.64. The van der Waals surface area contributed by atoms with Gasteiger partial charge in [-0.1, -0.05) is 24.3 Å². The van der Waals surface area contributed by atoms with Gasteiger partial charge in [0.25, 0.3) is 0 Å². The number of carbonyl (C=O) groups excluding carboxylic acids is 1. The van der Waals surface area contributed by atoms with Crippen molar-refractivity contribution in [2.45, 2.75) is 19.3 Å². The summed E-state index contributed by atoms with van der Waals surface area (Å²) in [5.74, 6) is 0.456. The fraction of sp³-hybridized carbons (Fsp3) is 0.238. The van der Waals surface area contributed by atoms with Crippen molar-refractivity contribution in [3.05, 3.63) is 83.9 Å². The Hall–Kier alpha value is -3.12. The number of hydrogen-bond donors (Lipinski definition) is 0. The summed E-state index contributed by atoms with van der Waals surface area (Å²) in [6.45, 7) is 1.07. The average molecular weight is 366 g/mol. The van der Waals surface area contributed by atoms with Crippen LogP contribution >= 0.6 is 0 Å². The number of methoxy groups -OCH3 is 2. The molecule has 3 rings (SSSR count). The minimum atomic E-state index is -0.348. The fourth-order valence-corrected chi connectivity index (χ4v) is 2.71. The molecule has 2 aromatic carbocycles. The lowest BCUT2D eigenvalue weighted by Gasteiger charge is -2.19. The molecular weight excluding hydrogens is 344 g/mol. The van der Waals surface area contributed by atoms with E-state index in [0.29, 0.717) is 18.7 Å². The molecule has 1 heterocycles. The molecule has 0 aliphatic carbocycles. The molecular formula is C21H22N2O4. The number of nitrogens with zero attached hydrogens (tertiary/aromatic N) is 2. The van der Waals surface area contributed by atoms with Gasteiger partial charge in [-0.15, -0.1) is 0 Å². The van der Waals surface area contributed by atoms with Crippen LogP contribution in [0.5, 0.6) is 5.75 Å². The van der Waals surface area contributed by atoms with E-state index in [4.69, 9.17) is 14.2 Å². The van der Waals surface area contributed by atoms with Crippen LogP contribution in [0.3, 0.4) is 0 Å². The van der Waals surface area contributed by atoms with E-state index in [0.717, 1.165) is 16.9 Å². The van der Waals surface area contributed by atoms with Crippen molar-refractivity contribution in [1.82, 2.24) is 9.55 Å². The van der Waals surface area contributed by atoms with Gasteiger partial charge in [-0.05, 0) is 35.4 Å². The maximum absolute atomic E-state index is 11.5. The summed E-state index contributed by atoms with van der Waals surface area (Å²) in [5.41, 5.74) is 2.55. The van der Waals surface area contributed by atoms with Crippen molar-refractivity contribution in [1.29, 1.82) is 0 Å². The molecule has 0 spiro atoms. The Morgan fingerprint density at radius 2 is 1.81 bits per heavy atom. The summed E-state index contributed by atoms with van der Waals surface area (Å²) in [5, 5.41) is 0. The van der Waals surface area contributed by atoms with Crippen molar-refractivity contribution in [2.75, 3.05) is 14.2 Å². The minimum absolute atomic E-state index is 0.148. The first-order chi connectivity index (χ1) is 13.2. The van der Waals surface area contributed by atoms with Crippen LogP contribution in [-0.2, 0) is 22.6 Å². The molecule has 1 unspecified atom stereocenters. The number of esters is 1. The van der Waals surface area contributed by atoms with Gasteiger partial charge in [0, 0.05) is 12.4 Å². The first kappa shape index (κ1) is 18.7. The molecule has 0 fully saturated rings. The number of hydrogen-bond acceptors (Lipinski definition) is 5. The molecule has 1 atom stereocenters. The van der Waals surface area contributed by atoms with Gasteiger partial charge in [0.15, 0.2) is 0 Å². The molecule has 0 saturated carbocycles. The zero-order chi connectivity index (χ0) is 19.1. The van der Waals surface area contributed by atoms with E-state index in [2.05, 4.69) is 4.98 Å². The fourth-order valence-electron chi connectivity index (χ4n) is 2.71. The Labute approximate surface area is 158 Å². The van der Waals surface area contributed by atoms with E-state index in [1.165, 1.54) is 7.11 Å². The van der Waals surface area contributed by atoms with Crippen LogP contribution in [0.2, 0.25) is 0 Å². The normalized spacial score (nSPS) is 11.8. The third-order valence-corrected chi connectivity index (χ3v) is 4.25. The highest BCUT2D eigenvalue weighted by Crippen LogP contribution is 2.24. The molecule has 27 heavy (non-hydrogen) atoms. The van der Waals surface area contributed by atoms with E-state index in [-0.39, 0.29) is 12.1 Å². The van der Waals surface area contributed by atoms with Crippen molar-refractivity contribution in [2.24, 2.45) is 0 Å². The summed E-state index contributed by atoms with van der Waals surface area (Å²) in [7, 11) is 3.02. The van der Waals surface area contributed by atoms with Crippen LogP contribution in [-0.4, -0.2) is 29.7 Å². The molecule has 0 radical (unpaired) electrons. The smallest absolute Gasteiger partial charge is 0.337 e. The molecule has 3 aromatic rings. The zero-order valence-corrected chi connectivity index (χ0v) is 15.4. The number of carbonyl (C=O) groups is 1. The first-order valence-corrected chi connectivity index (χ1v) is 8.58. The molecule has 0 bridgehead atoms. The Morgan fingerprint density at radius 3 is 2.41 bits per heavy atom. The molecule has 140 valence electrons. The lowest BCUT2D eigenvalue weighted by molar-refractivity contribution is 0.0279. The van der Waals surface area contributed by atoms with E-state index in [1.54, 1.807) is 31.8 Å². The van der Waals surface area contributed by atoms with Crippen molar-refractivity contribution >= 4 is 5.97 Å². The van der Waals surface area contributed by atoms with Crippen LogP contribution in [0, 0.1) is 0 Å². The Bertz CT molecular complexity index is 843. The highest BCUT2D eigenvalue weighted by molar-refractivity contribution is 5.89. The molecule has 0 saturated heterocycles. The van der Waals surface area contributed by atoms with Crippen LogP contribution in [0.1, 0.15) is 27.6 Å². The molecule has 0 aliphatic rings. The third kappa shape index (κ3) is 4.95. The summed E-state index contributed by atoms with van der Waals surface area (Å²) in [6.07, 6.45) is 5.28. The molecule has 0 aliphatic heterocycles. The topological polar surface area (TPSA) is 62.6 Å². The van der Waals surface area contributed by atoms with Crippen LogP contribution in [0.4, 0.5) is 0 Å². The monoisotopic (exact) mass is 366 g/mol. The van der Waals surface area contributed by atoms with Crippen molar-refractivity contribution < 1.29 is 19.0 Å². The Kier molecular flexibility index (Phi) is 6.22. The summed E-state index contributed by atoms with van der Waals surface area (Å²) < 4.78 is 18.1.